The molecule has 1 atom stereocenters. The molecule has 8 heteroatoms. The van der Waals surface area contributed by atoms with Crippen molar-refractivity contribution in [2.75, 3.05) is 32.2 Å². The Morgan fingerprint density at radius 2 is 1.86 bits per heavy atom. The third kappa shape index (κ3) is 5.32. The Bertz CT molecular complexity index is 873. The van der Waals surface area contributed by atoms with E-state index in [1.54, 1.807) is 43.4 Å². The fourth-order valence-electron chi connectivity index (χ4n) is 3.27. The summed E-state index contributed by atoms with van der Waals surface area (Å²) in [5.74, 6) is 1.29. The SMILES string of the molecule is COc1ccc(CCNC(=O)N[C@H]2CC(=O)N(c3ccc(Cl)cc3)C2)cc1OC. The van der Waals surface area contributed by atoms with Gasteiger partial charge in [-0.15, -0.1) is 0 Å². The molecule has 1 aliphatic rings. The smallest absolute Gasteiger partial charge is 0.315 e. The Kier molecular flexibility index (Phi) is 6.82. The zero-order chi connectivity index (χ0) is 20.8. The highest BCUT2D eigenvalue weighted by Crippen LogP contribution is 2.27. The molecule has 2 aromatic carbocycles. The first-order valence-electron chi connectivity index (χ1n) is 9.31. The highest BCUT2D eigenvalue weighted by Gasteiger charge is 2.31. The lowest BCUT2D eigenvalue weighted by atomic mass is 10.1. The van der Waals surface area contributed by atoms with Crippen LogP contribution in [-0.4, -0.2) is 45.3 Å². The van der Waals surface area contributed by atoms with Gasteiger partial charge in [-0.3, -0.25) is 4.79 Å². The van der Waals surface area contributed by atoms with Crippen molar-refractivity contribution in [3.63, 3.8) is 0 Å². The van der Waals surface area contributed by atoms with Crippen LogP contribution in [0.2, 0.25) is 5.02 Å². The van der Waals surface area contributed by atoms with E-state index in [0.29, 0.717) is 36.0 Å². The van der Waals surface area contributed by atoms with Gasteiger partial charge in [0.2, 0.25) is 5.91 Å². The van der Waals surface area contributed by atoms with Gasteiger partial charge in [0, 0.05) is 30.2 Å². The van der Waals surface area contributed by atoms with Gasteiger partial charge in [-0.2, -0.15) is 0 Å². The average molecular weight is 418 g/mol. The summed E-state index contributed by atoms with van der Waals surface area (Å²) in [6, 6.07) is 12.2. The van der Waals surface area contributed by atoms with E-state index >= 15 is 0 Å². The Morgan fingerprint density at radius 1 is 1.14 bits per heavy atom. The third-order valence-corrected chi connectivity index (χ3v) is 5.00. The first kappa shape index (κ1) is 20.8. The van der Waals surface area contributed by atoms with E-state index in [-0.39, 0.29) is 24.4 Å². The molecule has 0 saturated carbocycles. The monoisotopic (exact) mass is 417 g/mol. The number of ether oxygens (including phenoxy) is 2. The quantitative estimate of drug-likeness (QED) is 0.725. The van der Waals surface area contributed by atoms with Crippen LogP contribution >= 0.6 is 11.6 Å². The summed E-state index contributed by atoms with van der Waals surface area (Å²) in [6.07, 6.45) is 0.917. The van der Waals surface area contributed by atoms with Gasteiger partial charge in [-0.25, -0.2) is 4.79 Å². The topological polar surface area (TPSA) is 79.9 Å². The van der Waals surface area contributed by atoms with Crippen LogP contribution in [0.4, 0.5) is 10.5 Å². The van der Waals surface area contributed by atoms with Crippen molar-refractivity contribution in [3.8, 4) is 11.5 Å². The number of methoxy groups -OCH3 is 2. The van der Waals surface area contributed by atoms with Gasteiger partial charge in [0.05, 0.1) is 20.3 Å². The van der Waals surface area contributed by atoms with Gasteiger partial charge in [-0.1, -0.05) is 17.7 Å². The predicted molar refractivity (Wildman–Crippen MR) is 112 cm³/mol. The molecule has 1 fully saturated rings. The molecule has 1 heterocycles. The third-order valence-electron chi connectivity index (χ3n) is 4.75. The van der Waals surface area contributed by atoms with Gasteiger partial charge in [-0.05, 0) is 48.4 Å². The van der Waals surface area contributed by atoms with Gasteiger partial charge >= 0.3 is 6.03 Å². The lowest BCUT2D eigenvalue weighted by Gasteiger charge is -2.17. The number of nitrogens with zero attached hydrogens (tertiary/aromatic N) is 1. The molecule has 0 aromatic heterocycles. The first-order valence-corrected chi connectivity index (χ1v) is 9.69. The molecule has 2 N–H and O–H groups in total. The molecule has 0 bridgehead atoms. The van der Waals surface area contributed by atoms with Crippen LogP contribution in [0.25, 0.3) is 0 Å². The number of anilines is 1. The highest BCUT2D eigenvalue weighted by atomic mass is 35.5. The van der Waals surface area contributed by atoms with Gasteiger partial charge in [0.15, 0.2) is 11.5 Å². The number of amides is 3. The molecule has 154 valence electrons. The molecule has 2 aromatic rings. The predicted octanol–water partition coefficient (Wildman–Crippen LogP) is 3.00. The van der Waals surface area contributed by atoms with Crippen LogP contribution in [0.5, 0.6) is 11.5 Å². The summed E-state index contributed by atoms with van der Waals surface area (Å²) in [6.45, 7) is 0.895. The summed E-state index contributed by atoms with van der Waals surface area (Å²) < 4.78 is 10.5. The number of hydrogen-bond acceptors (Lipinski definition) is 4. The zero-order valence-electron chi connectivity index (χ0n) is 16.4. The van der Waals surface area contributed by atoms with Gasteiger partial charge < -0.3 is 25.0 Å². The molecule has 3 amide bonds. The molecular formula is C21H24ClN3O4. The van der Waals surface area contributed by atoms with Gasteiger partial charge in [0.25, 0.3) is 0 Å². The number of rotatable bonds is 7. The van der Waals surface area contributed by atoms with Crippen molar-refractivity contribution >= 4 is 29.2 Å². The van der Waals surface area contributed by atoms with Crippen molar-refractivity contribution in [2.24, 2.45) is 0 Å². The average Bonchev–Trinajstić information content (AvgIpc) is 3.08. The zero-order valence-corrected chi connectivity index (χ0v) is 17.2. The maximum Gasteiger partial charge on any atom is 0.315 e. The second kappa shape index (κ2) is 9.52. The highest BCUT2D eigenvalue weighted by molar-refractivity contribution is 6.30. The van der Waals surface area contributed by atoms with E-state index in [0.717, 1.165) is 11.3 Å². The minimum Gasteiger partial charge on any atom is -0.493 e. The van der Waals surface area contributed by atoms with E-state index < -0.39 is 0 Å². The second-order valence-corrected chi connectivity index (χ2v) is 7.16. The van der Waals surface area contributed by atoms with E-state index in [1.165, 1.54) is 0 Å². The summed E-state index contributed by atoms with van der Waals surface area (Å²) >= 11 is 5.90. The van der Waals surface area contributed by atoms with E-state index in [2.05, 4.69) is 10.6 Å². The summed E-state index contributed by atoms with van der Waals surface area (Å²) in [5, 5.41) is 6.31. The molecule has 3 rings (SSSR count). The molecule has 29 heavy (non-hydrogen) atoms. The van der Waals surface area contributed by atoms with Crippen LogP contribution in [0.15, 0.2) is 42.5 Å². The maximum absolute atomic E-state index is 12.3. The van der Waals surface area contributed by atoms with Crippen LogP contribution < -0.4 is 25.0 Å². The van der Waals surface area contributed by atoms with Crippen molar-refractivity contribution in [3.05, 3.63) is 53.1 Å². The summed E-state index contributed by atoms with van der Waals surface area (Å²) in [4.78, 5) is 26.1. The van der Waals surface area contributed by atoms with Crippen molar-refractivity contribution in [1.29, 1.82) is 0 Å². The molecular weight excluding hydrogens is 394 g/mol. The van der Waals surface area contributed by atoms with Crippen molar-refractivity contribution in [2.45, 2.75) is 18.9 Å². The molecule has 7 nitrogen and oxygen atoms in total. The number of hydrogen-bond donors (Lipinski definition) is 2. The number of carbonyl (C=O) groups excluding carboxylic acids is 2. The number of halogens is 1. The summed E-state index contributed by atoms with van der Waals surface area (Å²) in [7, 11) is 3.18. The van der Waals surface area contributed by atoms with E-state index in [9.17, 15) is 9.59 Å². The number of carbonyl (C=O) groups is 2. The largest absolute Gasteiger partial charge is 0.493 e. The first-order chi connectivity index (χ1) is 14.0. The molecule has 0 aliphatic carbocycles. The Labute approximate surface area is 174 Å². The summed E-state index contributed by atoms with van der Waals surface area (Å²) in [5.41, 5.74) is 1.80. The van der Waals surface area contributed by atoms with E-state index in [4.69, 9.17) is 21.1 Å². The van der Waals surface area contributed by atoms with Crippen molar-refractivity contribution in [1.82, 2.24) is 10.6 Å². The lowest BCUT2D eigenvalue weighted by Crippen LogP contribution is -2.43. The molecule has 0 radical (unpaired) electrons. The van der Waals surface area contributed by atoms with Gasteiger partial charge in [0.1, 0.15) is 0 Å². The molecule has 0 spiro atoms. The van der Waals surface area contributed by atoms with Crippen LogP contribution in [0.3, 0.4) is 0 Å². The minimum absolute atomic E-state index is 0.0250. The minimum atomic E-state index is -0.291. The Hall–Kier alpha value is -2.93. The van der Waals surface area contributed by atoms with Crippen LogP contribution in [0, 0.1) is 0 Å². The molecule has 1 saturated heterocycles. The normalized spacial score (nSPS) is 15.9. The molecule has 0 unspecified atom stereocenters. The fourth-order valence-corrected chi connectivity index (χ4v) is 3.39. The molecule has 1 aliphatic heterocycles. The lowest BCUT2D eigenvalue weighted by molar-refractivity contribution is -0.117. The number of nitrogens with one attached hydrogen (secondary N) is 2. The van der Waals surface area contributed by atoms with Crippen molar-refractivity contribution < 1.29 is 19.1 Å². The Balaban J connectivity index is 1.46. The fraction of sp³-hybridized carbons (Fsp3) is 0.333. The number of urea groups is 1. The number of benzene rings is 2. The second-order valence-electron chi connectivity index (χ2n) is 6.72. The van der Waals surface area contributed by atoms with Crippen LogP contribution in [0.1, 0.15) is 12.0 Å². The van der Waals surface area contributed by atoms with Crippen LogP contribution in [-0.2, 0) is 11.2 Å². The Morgan fingerprint density at radius 3 is 2.55 bits per heavy atom. The van der Waals surface area contributed by atoms with E-state index in [1.807, 2.05) is 18.2 Å². The maximum atomic E-state index is 12.3. The standard InChI is InChI=1S/C21H24ClN3O4/c1-28-18-8-3-14(11-19(18)29-2)9-10-23-21(27)24-16-12-20(26)25(13-16)17-6-4-15(22)5-7-17/h3-8,11,16H,9-10,12-13H2,1-2H3,(H2,23,24,27)/t16-/m0/s1.